The van der Waals surface area contributed by atoms with Crippen LogP contribution < -0.4 is 0 Å². The van der Waals surface area contributed by atoms with Crippen LogP contribution in [-0.4, -0.2) is 31.4 Å². The molecule has 1 fully saturated rings. The van der Waals surface area contributed by atoms with Crippen LogP contribution in [-0.2, 0) is 20.8 Å². The Morgan fingerprint density at radius 2 is 1.75 bits per heavy atom. The van der Waals surface area contributed by atoms with Crippen LogP contribution in [0.3, 0.4) is 0 Å². The minimum Gasteiger partial charge on any atom is -0.456 e. The third kappa shape index (κ3) is 4.66. The first-order valence-corrected chi connectivity index (χ1v) is 8.32. The van der Waals surface area contributed by atoms with Gasteiger partial charge in [0.1, 0.15) is 6.10 Å². The van der Waals surface area contributed by atoms with E-state index in [2.05, 4.69) is 0 Å². The Balaban J connectivity index is 1.43. The summed E-state index contributed by atoms with van der Waals surface area (Å²) in [6.45, 7) is 1.79. The Morgan fingerprint density at radius 3 is 2.50 bits per heavy atom. The minimum absolute atomic E-state index is 0.0894. The molecule has 0 bridgehead atoms. The van der Waals surface area contributed by atoms with Crippen molar-refractivity contribution in [3.05, 3.63) is 71.8 Å². The molecule has 0 unspecified atom stereocenters. The monoisotopic (exact) mass is 326 g/mol. The van der Waals surface area contributed by atoms with E-state index in [-0.39, 0.29) is 18.2 Å². The molecule has 0 saturated carbocycles. The molecule has 1 aliphatic rings. The van der Waals surface area contributed by atoms with E-state index in [0.29, 0.717) is 25.4 Å². The summed E-state index contributed by atoms with van der Waals surface area (Å²) in [5, 5.41) is 0. The molecule has 126 valence electrons. The molecule has 4 nitrogen and oxygen atoms in total. The molecule has 3 rings (SSSR count). The van der Waals surface area contributed by atoms with Gasteiger partial charge in [0.15, 0.2) is 0 Å². The lowest BCUT2D eigenvalue weighted by Crippen LogP contribution is -2.28. The number of hydrogen-bond acceptors (Lipinski definition) is 4. The van der Waals surface area contributed by atoms with Crippen LogP contribution >= 0.6 is 0 Å². The number of rotatable bonds is 7. The summed E-state index contributed by atoms with van der Waals surface area (Å²) >= 11 is 0. The molecule has 2 atom stereocenters. The van der Waals surface area contributed by atoms with Crippen LogP contribution in [0.15, 0.2) is 60.7 Å². The van der Waals surface area contributed by atoms with E-state index in [1.54, 1.807) is 12.1 Å². The molecule has 2 aromatic rings. The van der Waals surface area contributed by atoms with E-state index < -0.39 is 0 Å². The van der Waals surface area contributed by atoms with E-state index in [1.807, 2.05) is 48.5 Å². The van der Waals surface area contributed by atoms with E-state index in [4.69, 9.17) is 14.2 Å². The fourth-order valence-electron chi connectivity index (χ4n) is 2.78. The molecule has 24 heavy (non-hydrogen) atoms. The Morgan fingerprint density at radius 1 is 1.04 bits per heavy atom. The quantitative estimate of drug-likeness (QED) is 0.576. The van der Waals surface area contributed by atoms with Crippen molar-refractivity contribution < 1.29 is 19.0 Å². The Hall–Kier alpha value is -2.17. The van der Waals surface area contributed by atoms with Gasteiger partial charge in [-0.3, -0.25) is 0 Å². The molecule has 0 aromatic heterocycles. The summed E-state index contributed by atoms with van der Waals surface area (Å²) in [4.78, 5) is 12.2. The summed E-state index contributed by atoms with van der Waals surface area (Å²) in [5.74, 6) is -0.290. The Kier molecular flexibility index (Phi) is 5.99. The van der Waals surface area contributed by atoms with Crippen LogP contribution in [0.4, 0.5) is 0 Å². The number of carbonyl (C=O) groups excluding carboxylic acids is 1. The average molecular weight is 326 g/mol. The average Bonchev–Trinajstić information content (AvgIpc) is 3.07. The third-order valence-corrected chi connectivity index (χ3v) is 4.08. The first-order valence-electron chi connectivity index (χ1n) is 8.32. The van der Waals surface area contributed by atoms with Crippen molar-refractivity contribution in [2.45, 2.75) is 31.7 Å². The second-order valence-electron chi connectivity index (χ2n) is 5.83. The largest absolute Gasteiger partial charge is 0.456 e. The van der Waals surface area contributed by atoms with Crippen molar-refractivity contribution in [2.75, 3.05) is 13.2 Å². The fourth-order valence-corrected chi connectivity index (χ4v) is 2.78. The number of carbonyl (C=O) groups is 1. The first-order chi connectivity index (χ1) is 11.8. The van der Waals surface area contributed by atoms with Gasteiger partial charge in [-0.25, -0.2) is 4.79 Å². The van der Waals surface area contributed by atoms with Gasteiger partial charge in [-0.15, -0.1) is 0 Å². The van der Waals surface area contributed by atoms with Crippen molar-refractivity contribution in [1.29, 1.82) is 0 Å². The summed E-state index contributed by atoms with van der Waals surface area (Å²) in [7, 11) is 0. The Labute approximate surface area is 142 Å². The van der Waals surface area contributed by atoms with Crippen LogP contribution in [0.5, 0.6) is 0 Å². The van der Waals surface area contributed by atoms with E-state index in [0.717, 1.165) is 18.4 Å². The molecule has 4 heteroatoms. The molecular weight excluding hydrogens is 304 g/mol. The maximum atomic E-state index is 12.2. The highest BCUT2D eigenvalue weighted by molar-refractivity contribution is 5.89. The van der Waals surface area contributed by atoms with Crippen molar-refractivity contribution >= 4 is 5.97 Å². The Bertz CT molecular complexity index is 627. The molecule has 0 radical (unpaired) electrons. The van der Waals surface area contributed by atoms with Crippen LogP contribution in [0, 0.1) is 0 Å². The SMILES string of the molecule is O=C(O[C@H]1CCO[C@@H]1CCOCc1ccccc1)c1ccccc1. The molecule has 0 aliphatic carbocycles. The van der Waals surface area contributed by atoms with E-state index in [9.17, 15) is 4.79 Å². The smallest absolute Gasteiger partial charge is 0.338 e. The maximum Gasteiger partial charge on any atom is 0.338 e. The molecule has 0 spiro atoms. The van der Waals surface area contributed by atoms with Gasteiger partial charge in [-0.1, -0.05) is 48.5 Å². The fraction of sp³-hybridized carbons (Fsp3) is 0.350. The second-order valence-corrected chi connectivity index (χ2v) is 5.83. The molecular formula is C20H22O4. The van der Waals surface area contributed by atoms with Crippen molar-refractivity contribution in [3.63, 3.8) is 0 Å². The highest BCUT2D eigenvalue weighted by Crippen LogP contribution is 2.21. The van der Waals surface area contributed by atoms with Crippen molar-refractivity contribution in [1.82, 2.24) is 0 Å². The lowest BCUT2D eigenvalue weighted by molar-refractivity contribution is -0.0138. The third-order valence-electron chi connectivity index (χ3n) is 4.08. The standard InChI is InChI=1S/C20H22O4/c21-20(17-9-5-2-6-10-17)24-19-12-14-23-18(19)11-13-22-15-16-7-3-1-4-8-16/h1-10,18-19H,11-15H2/t18-,19+/m1/s1. The number of hydrogen-bond donors (Lipinski definition) is 0. The molecule has 1 heterocycles. The molecule has 1 saturated heterocycles. The van der Waals surface area contributed by atoms with Gasteiger partial charge in [0.05, 0.1) is 24.9 Å². The lowest BCUT2D eigenvalue weighted by Gasteiger charge is -2.19. The predicted molar refractivity (Wildman–Crippen MR) is 90.7 cm³/mol. The van der Waals surface area contributed by atoms with Gasteiger partial charge in [-0.2, -0.15) is 0 Å². The van der Waals surface area contributed by atoms with Crippen LogP contribution in [0.1, 0.15) is 28.8 Å². The maximum absolute atomic E-state index is 12.2. The van der Waals surface area contributed by atoms with Gasteiger partial charge in [-0.05, 0) is 17.7 Å². The van der Waals surface area contributed by atoms with Gasteiger partial charge < -0.3 is 14.2 Å². The number of ether oxygens (including phenoxy) is 3. The molecule has 1 aliphatic heterocycles. The van der Waals surface area contributed by atoms with Crippen LogP contribution in [0.2, 0.25) is 0 Å². The summed E-state index contributed by atoms with van der Waals surface area (Å²) < 4.78 is 17.0. The number of benzene rings is 2. The normalized spacial score (nSPS) is 20.0. The topological polar surface area (TPSA) is 44.8 Å². The summed E-state index contributed by atoms with van der Waals surface area (Å²) in [6.07, 6.45) is 1.17. The van der Waals surface area contributed by atoms with Crippen molar-refractivity contribution in [3.8, 4) is 0 Å². The highest BCUT2D eigenvalue weighted by Gasteiger charge is 2.31. The number of esters is 1. The lowest BCUT2D eigenvalue weighted by atomic mass is 10.1. The van der Waals surface area contributed by atoms with Gasteiger partial charge in [0.2, 0.25) is 0 Å². The first kappa shape index (κ1) is 16.7. The van der Waals surface area contributed by atoms with Gasteiger partial charge in [0, 0.05) is 19.4 Å². The second kappa shape index (κ2) is 8.62. The summed E-state index contributed by atoms with van der Waals surface area (Å²) in [6, 6.07) is 19.1. The summed E-state index contributed by atoms with van der Waals surface area (Å²) in [5.41, 5.74) is 1.72. The zero-order valence-electron chi connectivity index (χ0n) is 13.6. The molecule has 0 N–H and O–H groups in total. The van der Waals surface area contributed by atoms with Gasteiger partial charge in [0.25, 0.3) is 0 Å². The zero-order chi connectivity index (χ0) is 16.6. The minimum atomic E-state index is -0.290. The highest BCUT2D eigenvalue weighted by atomic mass is 16.6. The van der Waals surface area contributed by atoms with Crippen LogP contribution in [0.25, 0.3) is 0 Å². The van der Waals surface area contributed by atoms with E-state index >= 15 is 0 Å². The molecule has 2 aromatic carbocycles. The zero-order valence-corrected chi connectivity index (χ0v) is 13.6. The predicted octanol–water partition coefficient (Wildman–Crippen LogP) is 3.61. The van der Waals surface area contributed by atoms with Crippen molar-refractivity contribution in [2.24, 2.45) is 0 Å². The van der Waals surface area contributed by atoms with E-state index in [1.165, 1.54) is 0 Å². The van der Waals surface area contributed by atoms with Gasteiger partial charge >= 0.3 is 5.97 Å². The molecule has 0 amide bonds.